The van der Waals surface area contributed by atoms with E-state index in [9.17, 15) is 14.4 Å². The predicted octanol–water partition coefficient (Wildman–Crippen LogP) is 4.76. The first-order valence-corrected chi connectivity index (χ1v) is 14.1. The molecule has 2 amide bonds. The van der Waals surface area contributed by atoms with Gasteiger partial charge in [-0.2, -0.15) is 0 Å². The molecule has 0 saturated carbocycles. The highest BCUT2D eigenvalue weighted by molar-refractivity contribution is 5.98. The lowest BCUT2D eigenvalue weighted by Crippen LogP contribution is -2.42. The molecule has 0 bridgehead atoms. The molecule has 1 heterocycles. The molecule has 8 nitrogen and oxygen atoms in total. The highest BCUT2D eigenvalue weighted by Gasteiger charge is 2.61. The van der Waals surface area contributed by atoms with Crippen molar-refractivity contribution in [3.8, 4) is 5.75 Å². The Hall–Kier alpha value is -2.87. The molecule has 2 atom stereocenters. The quantitative estimate of drug-likeness (QED) is 0.276. The minimum atomic E-state index is -1.15. The first-order chi connectivity index (χ1) is 18.5. The van der Waals surface area contributed by atoms with E-state index in [0.29, 0.717) is 38.2 Å². The van der Waals surface area contributed by atoms with E-state index in [-0.39, 0.29) is 24.8 Å². The van der Waals surface area contributed by atoms with Crippen LogP contribution in [0.1, 0.15) is 77.2 Å². The number of nitrogens with one attached hydrogen (secondary N) is 1. The van der Waals surface area contributed by atoms with Crippen LogP contribution in [0.3, 0.4) is 0 Å². The Bertz CT molecular complexity index is 960. The fourth-order valence-corrected chi connectivity index (χ4v) is 5.45. The van der Waals surface area contributed by atoms with Gasteiger partial charge in [-0.3, -0.25) is 14.4 Å². The molecule has 0 aromatic heterocycles. The Morgan fingerprint density at radius 2 is 1.84 bits per heavy atom. The fourth-order valence-electron chi connectivity index (χ4n) is 5.45. The molecular weight excluding hydrogens is 484 g/mol. The van der Waals surface area contributed by atoms with Crippen LogP contribution in [0, 0.1) is 11.3 Å². The third-order valence-corrected chi connectivity index (χ3v) is 7.48. The van der Waals surface area contributed by atoms with Crippen LogP contribution in [-0.4, -0.2) is 56.2 Å². The number of likely N-dealkylation sites (tertiary alicyclic amines) is 1. The molecule has 1 N–H and O–H groups in total. The molecule has 3 rings (SSSR count). The molecule has 0 unspecified atom stereocenters. The van der Waals surface area contributed by atoms with E-state index in [1.807, 2.05) is 30.3 Å². The molecule has 0 radical (unpaired) electrons. The van der Waals surface area contributed by atoms with Gasteiger partial charge in [0.25, 0.3) is 0 Å². The fraction of sp³-hybridized carbons (Fsp3) is 0.633. The van der Waals surface area contributed by atoms with Gasteiger partial charge in [0.15, 0.2) is 0 Å². The van der Waals surface area contributed by atoms with Crippen molar-refractivity contribution < 1.29 is 28.6 Å². The average molecular weight is 529 g/mol. The summed E-state index contributed by atoms with van der Waals surface area (Å²) in [5.74, 6) is -0.892. The molecule has 1 aliphatic heterocycles. The molecule has 1 aliphatic carbocycles. The SMILES string of the molecule is CCCCOCCCNC(=O)C[C@@H]1C(=O)N(Cc2ccc(OC)cc2)/C2=C/CCCCC[C@@]21C(=O)OCC. The van der Waals surface area contributed by atoms with E-state index in [1.165, 1.54) is 0 Å². The van der Waals surface area contributed by atoms with Crippen molar-refractivity contribution >= 4 is 17.8 Å². The van der Waals surface area contributed by atoms with Crippen LogP contribution < -0.4 is 10.1 Å². The Balaban J connectivity index is 1.83. The second kappa shape index (κ2) is 14.9. The first-order valence-electron chi connectivity index (χ1n) is 14.1. The molecule has 1 aromatic carbocycles. The number of nitrogens with zero attached hydrogens (tertiary/aromatic N) is 1. The maximum atomic E-state index is 14.0. The van der Waals surface area contributed by atoms with Crippen LogP contribution in [0.5, 0.6) is 5.75 Å². The second-order valence-corrected chi connectivity index (χ2v) is 10.1. The van der Waals surface area contributed by atoms with Gasteiger partial charge in [0.1, 0.15) is 11.2 Å². The summed E-state index contributed by atoms with van der Waals surface area (Å²) < 4.78 is 16.4. The number of carbonyl (C=O) groups excluding carboxylic acids is 3. The maximum Gasteiger partial charge on any atom is 0.318 e. The number of ether oxygens (including phenoxy) is 3. The smallest absolute Gasteiger partial charge is 0.318 e. The van der Waals surface area contributed by atoms with Crippen molar-refractivity contribution in [1.29, 1.82) is 0 Å². The van der Waals surface area contributed by atoms with E-state index in [4.69, 9.17) is 14.2 Å². The van der Waals surface area contributed by atoms with Gasteiger partial charge in [0.2, 0.25) is 11.8 Å². The number of methoxy groups -OCH3 is 1. The number of esters is 1. The van der Waals surface area contributed by atoms with E-state index in [2.05, 4.69) is 12.2 Å². The third kappa shape index (κ3) is 7.16. The topological polar surface area (TPSA) is 94.2 Å². The normalized spacial score (nSPS) is 22.6. The minimum Gasteiger partial charge on any atom is -0.497 e. The Labute approximate surface area is 227 Å². The number of hydrogen-bond acceptors (Lipinski definition) is 6. The number of rotatable bonds is 14. The summed E-state index contributed by atoms with van der Waals surface area (Å²) in [6, 6.07) is 7.56. The lowest BCUT2D eigenvalue weighted by molar-refractivity contribution is -0.158. The van der Waals surface area contributed by atoms with Crippen LogP contribution in [0.25, 0.3) is 0 Å². The van der Waals surface area contributed by atoms with Gasteiger partial charge < -0.3 is 24.4 Å². The average Bonchev–Trinajstić information content (AvgIpc) is 3.10. The second-order valence-electron chi connectivity index (χ2n) is 10.1. The standard InChI is InChI=1S/C30H44N2O6/c1-4-6-19-37-20-11-18-31-27(33)21-25-28(34)32(22-23-13-15-24(36-3)16-14-23)26-12-9-7-8-10-17-30(25,26)29(35)38-5-2/h12-16,25H,4-11,17-22H2,1-3H3,(H,31,33)/b26-12+/t25-,30+/m1/s1. The lowest BCUT2D eigenvalue weighted by Gasteiger charge is -2.34. The number of unbranched alkanes of at least 4 members (excludes halogenated alkanes) is 1. The zero-order valence-electron chi connectivity index (χ0n) is 23.3. The number of benzene rings is 1. The summed E-state index contributed by atoms with van der Waals surface area (Å²) in [5, 5.41) is 2.93. The number of fused-ring (bicyclic) bond motifs is 1. The Morgan fingerprint density at radius 3 is 2.55 bits per heavy atom. The molecule has 210 valence electrons. The summed E-state index contributed by atoms with van der Waals surface area (Å²) in [7, 11) is 1.61. The molecule has 1 aromatic rings. The number of hydrogen-bond donors (Lipinski definition) is 1. The number of amides is 2. The van der Waals surface area contributed by atoms with Crippen molar-refractivity contribution in [3.05, 3.63) is 41.6 Å². The van der Waals surface area contributed by atoms with Gasteiger partial charge >= 0.3 is 5.97 Å². The molecule has 2 aliphatic rings. The maximum absolute atomic E-state index is 14.0. The summed E-state index contributed by atoms with van der Waals surface area (Å²) in [6.07, 6.45) is 8.82. The zero-order valence-corrected chi connectivity index (χ0v) is 23.3. The molecule has 1 fully saturated rings. The number of carbonyl (C=O) groups is 3. The molecule has 1 saturated heterocycles. The van der Waals surface area contributed by atoms with Gasteiger partial charge in [-0.1, -0.05) is 44.4 Å². The minimum absolute atomic E-state index is 0.0508. The molecular formula is C30H44N2O6. The van der Waals surface area contributed by atoms with Crippen molar-refractivity contribution in [1.82, 2.24) is 10.2 Å². The third-order valence-electron chi connectivity index (χ3n) is 7.48. The summed E-state index contributed by atoms with van der Waals surface area (Å²) in [6.45, 7) is 6.21. The van der Waals surface area contributed by atoms with Crippen LogP contribution in [0.15, 0.2) is 36.0 Å². The number of allylic oxidation sites excluding steroid dienone is 1. The zero-order chi connectivity index (χ0) is 27.4. The van der Waals surface area contributed by atoms with Crippen LogP contribution in [0.4, 0.5) is 0 Å². The predicted molar refractivity (Wildman–Crippen MR) is 145 cm³/mol. The summed E-state index contributed by atoms with van der Waals surface area (Å²) >= 11 is 0. The first kappa shape index (κ1) is 29.7. The van der Waals surface area contributed by atoms with Gasteiger partial charge in [-0.25, -0.2) is 0 Å². The summed E-state index contributed by atoms with van der Waals surface area (Å²) in [5.41, 5.74) is 0.465. The van der Waals surface area contributed by atoms with E-state index >= 15 is 0 Å². The van der Waals surface area contributed by atoms with Crippen molar-refractivity contribution in [2.45, 2.75) is 78.2 Å². The molecule has 38 heavy (non-hydrogen) atoms. The van der Waals surface area contributed by atoms with Gasteiger partial charge in [0.05, 0.1) is 26.2 Å². The highest BCUT2D eigenvalue weighted by Crippen LogP contribution is 2.53. The van der Waals surface area contributed by atoms with Crippen molar-refractivity contribution in [2.24, 2.45) is 11.3 Å². The van der Waals surface area contributed by atoms with E-state index in [0.717, 1.165) is 56.4 Å². The highest BCUT2D eigenvalue weighted by atomic mass is 16.5. The summed E-state index contributed by atoms with van der Waals surface area (Å²) in [4.78, 5) is 42.4. The van der Waals surface area contributed by atoms with E-state index in [1.54, 1.807) is 18.9 Å². The van der Waals surface area contributed by atoms with Crippen LogP contribution in [0.2, 0.25) is 0 Å². The lowest BCUT2D eigenvalue weighted by atomic mass is 9.69. The van der Waals surface area contributed by atoms with Crippen molar-refractivity contribution in [3.63, 3.8) is 0 Å². The van der Waals surface area contributed by atoms with Crippen LogP contribution in [-0.2, 0) is 30.4 Å². The molecule has 0 spiro atoms. The van der Waals surface area contributed by atoms with Crippen LogP contribution >= 0.6 is 0 Å². The largest absolute Gasteiger partial charge is 0.497 e. The van der Waals surface area contributed by atoms with E-state index < -0.39 is 17.3 Å². The van der Waals surface area contributed by atoms with Gasteiger partial charge in [-0.05, 0) is 56.7 Å². The van der Waals surface area contributed by atoms with Crippen molar-refractivity contribution in [2.75, 3.05) is 33.5 Å². The Morgan fingerprint density at radius 1 is 1.08 bits per heavy atom. The Kier molecular flexibility index (Phi) is 11.6. The monoisotopic (exact) mass is 528 g/mol. The molecule has 8 heteroatoms. The van der Waals surface area contributed by atoms with Gasteiger partial charge in [0, 0.05) is 31.9 Å². The van der Waals surface area contributed by atoms with Gasteiger partial charge in [-0.15, -0.1) is 0 Å².